The maximum absolute atomic E-state index is 13.5. The van der Waals surface area contributed by atoms with Crippen LogP contribution in [-0.2, 0) is 18.1 Å². The number of likely N-dealkylation sites (N-methyl/N-ethyl adjacent to an activating group) is 3. The van der Waals surface area contributed by atoms with Crippen molar-refractivity contribution in [2.75, 3.05) is 42.3 Å². The van der Waals surface area contributed by atoms with E-state index in [4.69, 9.17) is 85.0 Å². The second-order valence-electron chi connectivity index (χ2n) is 5.74. The second kappa shape index (κ2) is 12.9. The molecule has 0 fully saturated rings. The molecular formula is C15H21Cl3N3O4PS3. The fourth-order valence-corrected chi connectivity index (χ4v) is 3.96. The van der Waals surface area contributed by atoms with Crippen LogP contribution < -0.4 is 0 Å². The van der Waals surface area contributed by atoms with Gasteiger partial charge in [0.1, 0.15) is 15.0 Å². The van der Waals surface area contributed by atoms with Crippen molar-refractivity contribution in [1.29, 1.82) is 0 Å². The van der Waals surface area contributed by atoms with E-state index in [0.29, 0.717) is 0 Å². The molecule has 164 valence electrons. The number of hydrogen-bond acceptors (Lipinski definition) is 7. The van der Waals surface area contributed by atoms with E-state index in [-0.39, 0.29) is 32.2 Å². The summed E-state index contributed by atoms with van der Waals surface area (Å²) in [5.41, 5.74) is 2.97. The zero-order valence-corrected chi connectivity index (χ0v) is 22.1. The predicted molar refractivity (Wildman–Crippen MR) is 132 cm³/mol. The van der Waals surface area contributed by atoms with Crippen molar-refractivity contribution in [3.05, 3.63) is 33.9 Å². The summed E-state index contributed by atoms with van der Waals surface area (Å²) in [5, 5.41) is 0. The van der Waals surface area contributed by atoms with Gasteiger partial charge in [-0.1, -0.05) is 71.5 Å². The Bertz CT molecular complexity index is 686. The van der Waals surface area contributed by atoms with Gasteiger partial charge >= 0.3 is 7.82 Å². The van der Waals surface area contributed by atoms with Crippen LogP contribution in [0.15, 0.2) is 33.9 Å². The number of hydrogen-bond donors (Lipinski definition) is 0. The molecule has 0 aliphatic carbocycles. The quantitative estimate of drug-likeness (QED) is 0.172. The van der Waals surface area contributed by atoms with Crippen LogP contribution >= 0.6 is 79.3 Å². The number of phosphoric ester groups is 1. The molecule has 0 heterocycles. The Morgan fingerprint density at radius 1 is 0.655 bits per heavy atom. The van der Waals surface area contributed by atoms with Crippen molar-refractivity contribution in [1.82, 2.24) is 14.7 Å². The van der Waals surface area contributed by atoms with Gasteiger partial charge in [-0.3, -0.25) is 0 Å². The molecule has 0 rings (SSSR count). The molecule has 0 saturated heterocycles. The minimum absolute atomic E-state index is 0.130. The SMILES string of the molecule is CN(C)C(=S)/C(=C\Cl)OP(=O)(O/C(=C/Cl)C(=S)N(C)C)O/C(=C/Cl)C(=S)N(C)C. The molecule has 29 heavy (non-hydrogen) atoms. The number of nitrogens with zero attached hydrogens (tertiary/aromatic N) is 3. The topological polar surface area (TPSA) is 54.5 Å². The average Bonchev–Trinajstić information content (AvgIpc) is 2.66. The summed E-state index contributed by atoms with van der Waals surface area (Å²) in [6, 6.07) is 0. The molecule has 0 aromatic rings. The van der Waals surface area contributed by atoms with Crippen LogP contribution in [0.4, 0.5) is 0 Å². The molecule has 0 amide bonds. The highest BCUT2D eigenvalue weighted by molar-refractivity contribution is 7.81. The lowest BCUT2D eigenvalue weighted by Crippen LogP contribution is -2.26. The Kier molecular flexibility index (Phi) is 12.7. The van der Waals surface area contributed by atoms with Crippen molar-refractivity contribution in [3.8, 4) is 0 Å². The van der Waals surface area contributed by atoms with Gasteiger partial charge in [0.25, 0.3) is 0 Å². The first-order chi connectivity index (χ1) is 13.3. The van der Waals surface area contributed by atoms with E-state index in [2.05, 4.69) is 0 Å². The Hall–Kier alpha value is -0.610. The van der Waals surface area contributed by atoms with Gasteiger partial charge in [-0.05, 0) is 0 Å². The molecule has 0 radical (unpaired) electrons. The van der Waals surface area contributed by atoms with Crippen LogP contribution in [0.25, 0.3) is 0 Å². The normalized spacial score (nSPS) is 12.8. The first-order valence-corrected chi connectivity index (χ1v) is 11.6. The Morgan fingerprint density at radius 2 is 0.862 bits per heavy atom. The summed E-state index contributed by atoms with van der Waals surface area (Å²) in [7, 11) is 5.37. The van der Waals surface area contributed by atoms with Gasteiger partial charge in [0.2, 0.25) is 0 Å². The first-order valence-electron chi connectivity index (χ1n) is 7.58. The van der Waals surface area contributed by atoms with Gasteiger partial charge in [-0.2, -0.15) is 4.57 Å². The zero-order valence-electron chi connectivity index (χ0n) is 16.5. The van der Waals surface area contributed by atoms with Crippen LogP contribution in [0.1, 0.15) is 0 Å². The lowest BCUT2D eigenvalue weighted by atomic mass is 10.5. The Morgan fingerprint density at radius 3 is 1.00 bits per heavy atom. The summed E-state index contributed by atoms with van der Waals surface area (Å²) >= 11 is 33.0. The van der Waals surface area contributed by atoms with E-state index in [0.717, 1.165) is 16.6 Å². The predicted octanol–water partition coefficient (Wildman–Crippen LogP) is 5.05. The lowest BCUT2D eigenvalue weighted by Gasteiger charge is -2.26. The van der Waals surface area contributed by atoms with Crippen molar-refractivity contribution < 1.29 is 18.1 Å². The van der Waals surface area contributed by atoms with Crippen LogP contribution in [0.3, 0.4) is 0 Å². The molecule has 0 N–H and O–H groups in total. The second-order valence-corrected chi connectivity index (χ2v) is 9.00. The molecule has 0 unspecified atom stereocenters. The Labute approximate surface area is 202 Å². The average molecular weight is 541 g/mol. The van der Waals surface area contributed by atoms with Gasteiger partial charge in [-0.15, -0.1) is 0 Å². The summed E-state index contributed by atoms with van der Waals surface area (Å²) in [4.78, 5) is 4.93. The third-order valence-electron chi connectivity index (χ3n) is 2.78. The third-order valence-corrected chi connectivity index (χ3v) is 6.33. The van der Waals surface area contributed by atoms with Crippen molar-refractivity contribution in [2.24, 2.45) is 0 Å². The van der Waals surface area contributed by atoms with Crippen molar-refractivity contribution in [2.45, 2.75) is 0 Å². The molecule has 0 saturated carbocycles. The van der Waals surface area contributed by atoms with Gasteiger partial charge in [0.15, 0.2) is 17.3 Å². The van der Waals surface area contributed by atoms with Crippen molar-refractivity contribution >= 4 is 94.2 Å². The molecule has 0 aliphatic rings. The van der Waals surface area contributed by atoms with Gasteiger partial charge in [0, 0.05) is 42.3 Å². The van der Waals surface area contributed by atoms with Crippen LogP contribution in [-0.4, -0.2) is 72.0 Å². The fourth-order valence-electron chi connectivity index (χ4n) is 1.40. The van der Waals surface area contributed by atoms with Gasteiger partial charge in [-0.25, -0.2) is 0 Å². The van der Waals surface area contributed by atoms with E-state index in [1.54, 1.807) is 42.3 Å². The zero-order chi connectivity index (χ0) is 22.9. The minimum Gasteiger partial charge on any atom is -0.382 e. The summed E-state index contributed by atoms with van der Waals surface area (Å²) in [5.74, 6) is -0.446. The highest BCUT2D eigenvalue weighted by atomic mass is 35.5. The van der Waals surface area contributed by atoms with Crippen LogP contribution in [0, 0.1) is 0 Å². The molecule has 7 nitrogen and oxygen atoms in total. The molecule has 0 aliphatic heterocycles. The van der Waals surface area contributed by atoms with Crippen LogP contribution in [0.2, 0.25) is 0 Å². The highest BCUT2D eigenvalue weighted by Gasteiger charge is 2.38. The van der Waals surface area contributed by atoms with Gasteiger partial charge in [0.05, 0.1) is 16.6 Å². The maximum Gasteiger partial charge on any atom is 0.647 e. The molecule has 0 spiro atoms. The van der Waals surface area contributed by atoms with E-state index in [1.807, 2.05) is 0 Å². The monoisotopic (exact) mass is 539 g/mol. The molecular weight excluding hydrogens is 520 g/mol. The maximum atomic E-state index is 13.5. The number of phosphoric acid groups is 1. The minimum atomic E-state index is -4.52. The first kappa shape index (κ1) is 28.4. The third kappa shape index (κ3) is 8.96. The van der Waals surface area contributed by atoms with E-state index in [9.17, 15) is 4.57 Å². The van der Waals surface area contributed by atoms with E-state index < -0.39 is 7.82 Å². The van der Waals surface area contributed by atoms with Gasteiger partial charge < -0.3 is 28.3 Å². The number of rotatable bonds is 9. The van der Waals surface area contributed by atoms with Crippen molar-refractivity contribution in [3.63, 3.8) is 0 Å². The molecule has 0 atom stereocenters. The molecule has 0 aromatic heterocycles. The smallest absolute Gasteiger partial charge is 0.382 e. The largest absolute Gasteiger partial charge is 0.647 e. The summed E-state index contributed by atoms with van der Waals surface area (Å²) < 4.78 is 29.8. The highest BCUT2D eigenvalue weighted by Crippen LogP contribution is 2.55. The van der Waals surface area contributed by atoms with Crippen LogP contribution in [0.5, 0.6) is 0 Å². The molecule has 0 bridgehead atoms. The Balaban J connectivity index is 6.17. The number of thiocarbonyl (C=S) groups is 3. The summed E-state index contributed by atoms with van der Waals surface area (Å²) in [6.07, 6.45) is 0. The van der Waals surface area contributed by atoms with E-state index in [1.165, 1.54) is 14.7 Å². The fraction of sp³-hybridized carbons (Fsp3) is 0.400. The summed E-state index contributed by atoms with van der Waals surface area (Å²) in [6.45, 7) is 0. The molecule has 14 heteroatoms. The van der Waals surface area contributed by atoms with E-state index >= 15 is 0 Å². The molecule has 0 aromatic carbocycles. The number of halogens is 3. The lowest BCUT2D eigenvalue weighted by molar-refractivity contribution is 0.209. The standard InChI is InChI=1S/C15H21Cl3N3O4PS3/c1-19(2)13(27)10(7-16)23-26(22,24-11(8-17)14(28)20(3)4)25-12(9-18)15(29)21(5)6/h7-9H,1-6H3/b10-7+,11-8+,12-9+.